The number of carbonyl (C=O) groups is 2. The van der Waals surface area contributed by atoms with Gasteiger partial charge in [0, 0.05) is 49.4 Å². The van der Waals surface area contributed by atoms with Crippen LogP contribution in [0.5, 0.6) is 17.2 Å². The molecule has 5 rings (SSSR count). The summed E-state index contributed by atoms with van der Waals surface area (Å²) in [7, 11) is 1.65. The van der Waals surface area contributed by atoms with Crippen LogP contribution in [0, 0.1) is 12.8 Å². The summed E-state index contributed by atoms with van der Waals surface area (Å²) >= 11 is 6.35. The van der Waals surface area contributed by atoms with E-state index in [-0.39, 0.29) is 19.2 Å². The van der Waals surface area contributed by atoms with Gasteiger partial charge in [-0.15, -0.1) is 0 Å². The van der Waals surface area contributed by atoms with Crippen molar-refractivity contribution in [2.24, 2.45) is 5.92 Å². The highest BCUT2D eigenvalue weighted by molar-refractivity contribution is 6.30. The van der Waals surface area contributed by atoms with Crippen molar-refractivity contribution in [3.05, 3.63) is 81.4 Å². The highest BCUT2D eigenvalue weighted by atomic mass is 35.5. The van der Waals surface area contributed by atoms with E-state index in [0.29, 0.717) is 54.9 Å². The number of nitrogens with zero attached hydrogens (tertiary/aromatic N) is 1. The molecule has 10 heteroatoms. The molecular formula is C35H41ClN2O7. The molecule has 1 saturated heterocycles. The van der Waals surface area contributed by atoms with E-state index in [1.54, 1.807) is 7.11 Å². The van der Waals surface area contributed by atoms with Crippen molar-refractivity contribution >= 4 is 29.2 Å². The number of amides is 1. The Kier molecular flexibility index (Phi) is 10.5. The molecule has 2 heterocycles. The number of aryl methyl sites for hydroxylation is 2. The number of halogens is 1. The first-order valence-electron chi connectivity index (χ1n) is 15.4. The van der Waals surface area contributed by atoms with Gasteiger partial charge in [-0.3, -0.25) is 14.5 Å². The average Bonchev–Trinajstić information content (AvgIpc) is 3.66. The van der Waals surface area contributed by atoms with Crippen molar-refractivity contribution < 1.29 is 33.6 Å². The van der Waals surface area contributed by atoms with Crippen molar-refractivity contribution in [1.82, 2.24) is 4.90 Å². The van der Waals surface area contributed by atoms with Crippen LogP contribution in [-0.2, 0) is 27.2 Å². The number of ether oxygens (including phenoxy) is 4. The van der Waals surface area contributed by atoms with E-state index in [1.165, 1.54) is 0 Å². The van der Waals surface area contributed by atoms with E-state index in [2.05, 4.69) is 5.32 Å². The highest BCUT2D eigenvalue weighted by Crippen LogP contribution is 2.49. The highest BCUT2D eigenvalue weighted by Gasteiger charge is 2.48. The van der Waals surface area contributed by atoms with Gasteiger partial charge < -0.3 is 29.4 Å². The zero-order valence-electron chi connectivity index (χ0n) is 26.2. The molecule has 1 fully saturated rings. The summed E-state index contributed by atoms with van der Waals surface area (Å²) in [4.78, 5) is 28.8. The van der Waals surface area contributed by atoms with Crippen LogP contribution >= 0.6 is 11.6 Å². The predicted octanol–water partition coefficient (Wildman–Crippen LogP) is 6.40. The van der Waals surface area contributed by atoms with Gasteiger partial charge in [-0.1, -0.05) is 43.6 Å². The van der Waals surface area contributed by atoms with Gasteiger partial charge >= 0.3 is 5.97 Å². The topological polar surface area (TPSA) is 107 Å². The Morgan fingerprint density at radius 2 is 1.76 bits per heavy atom. The Bertz CT molecular complexity index is 1500. The second-order valence-electron chi connectivity index (χ2n) is 11.5. The van der Waals surface area contributed by atoms with Crippen LogP contribution in [0.1, 0.15) is 60.0 Å². The summed E-state index contributed by atoms with van der Waals surface area (Å²) in [5.74, 6) is -0.376. The molecule has 2 aliphatic heterocycles. The fourth-order valence-electron chi connectivity index (χ4n) is 6.60. The largest absolute Gasteiger partial charge is 0.494 e. The van der Waals surface area contributed by atoms with Crippen LogP contribution in [-0.4, -0.2) is 62.1 Å². The number of carboxylic acid groups (broad SMARTS) is 1. The number of carboxylic acids is 1. The predicted molar refractivity (Wildman–Crippen MR) is 173 cm³/mol. The molecule has 3 aromatic rings. The fourth-order valence-corrected chi connectivity index (χ4v) is 6.86. The van der Waals surface area contributed by atoms with Crippen LogP contribution in [0.25, 0.3) is 0 Å². The molecule has 3 aromatic carbocycles. The standard InChI is InChI=1S/C35H41ClN2O7/c1-5-22-16-25(36)17-23(6-2)32(22)37-30(39)19-38-18-28(27-12-13-29-34(21(27)3)45-20-44-29)31(35(40)41)33(38)24-8-10-26(11-9-24)43-15-7-14-42-4/h8-13,16-17,28,31,33H,5-7,14-15,18-20H2,1-4H3,(H,37,39)(H,40,41)/t28-,31?,33+/m1/s1. The van der Waals surface area contributed by atoms with Gasteiger partial charge in [0.2, 0.25) is 12.7 Å². The Balaban J connectivity index is 1.47. The van der Waals surface area contributed by atoms with Gasteiger partial charge in [0.05, 0.1) is 19.1 Å². The van der Waals surface area contributed by atoms with E-state index >= 15 is 0 Å². The number of methoxy groups -OCH3 is 1. The third-order valence-corrected chi connectivity index (χ3v) is 8.95. The molecule has 0 aromatic heterocycles. The molecule has 240 valence electrons. The van der Waals surface area contributed by atoms with E-state index in [4.69, 9.17) is 30.5 Å². The molecule has 3 atom stereocenters. The monoisotopic (exact) mass is 636 g/mol. The number of aliphatic carboxylic acids is 1. The fraction of sp³-hybridized carbons (Fsp3) is 0.429. The van der Waals surface area contributed by atoms with Crippen LogP contribution in [0.2, 0.25) is 5.02 Å². The number of benzene rings is 3. The van der Waals surface area contributed by atoms with Gasteiger partial charge in [-0.05, 0) is 77.9 Å². The van der Waals surface area contributed by atoms with Crippen molar-refractivity contribution in [2.45, 2.75) is 52.0 Å². The molecule has 0 spiro atoms. The summed E-state index contributed by atoms with van der Waals surface area (Å²) in [6.07, 6.45) is 2.18. The molecule has 1 amide bonds. The van der Waals surface area contributed by atoms with E-state index < -0.39 is 23.8 Å². The molecule has 45 heavy (non-hydrogen) atoms. The van der Waals surface area contributed by atoms with Crippen molar-refractivity contribution in [3.8, 4) is 17.2 Å². The molecule has 0 aliphatic carbocycles. The maximum absolute atomic E-state index is 13.7. The second kappa shape index (κ2) is 14.5. The normalized spacial score (nSPS) is 19.1. The molecule has 2 N–H and O–H groups in total. The summed E-state index contributed by atoms with van der Waals surface area (Å²) in [5, 5.41) is 14.5. The number of likely N-dealkylation sites (tertiary alicyclic amines) is 1. The van der Waals surface area contributed by atoms with E-state index in [0.717, 1.165) is 39.9 Å². The van der Waals surface area contributed by atoms with Crippen LogP contribution < -0.4 is 19.5 Å². The van der Waals surface area contributed by atoms with Crippen LogP contribution in [0.4, 0.5) is 5.69 Å². The number of hydrogen-bond acceptors (Lipinski definition) is 7. The minimum atomic E-state index is -0.927. The number of rotatable bonds is 13. The second-order valence-corrected chi connectivity index (χ2v) is 11.9. The van der Waals surface area contributed by atoms with Crippen molar-refractivity contribution in [2.75, 3.05) is 45.5 Å². The van der Waals surface area contributed by atoms with Crippen LogP contribution in [0.3, 0.4) is 0 Å². The van der Waals surface area contributed by atoms with Gasteiger partial charge in [0.1, 0.15) is 5.75 Å². The van der Waals surface area contributed by atoms with Gasteiger partial charge in [0.25, 0.3) is 0 Å². The lowest BCUT2D eigenvalue weighted by molar-refractivity contribution is -0.143. The lowest BCUT2D eigenvalue weighted by Crippen LogP contribution is -2.35. The first-order valence-corrected chi connectivity index (χ1v) is 15.8. The van der Waals surface area contributed by atoms with Crippen molar-refractivity contribution in [1.29, 1.82) is 0 Å². The zero-order chi connectivity index (χ0) is 32.1. The first kappa shape index (κ1) is 32.6. The lowest BCUT2D eigenvalue weighted by atomic mass is 9.81. The van der Waals surface area contributed by atoms with Crippen LogP contribution in [0.15, 0.2) is 48.5 Å². The molecular weight excluding hydrogens is 596 g/mol. The lowest BCUT2D eigenvalue weighted by Gasteiger charge is -2.27. The summed E-state index contributed by atoms with van der Waals surface area (Å²) in [5.41, 5.74) is 5.23. The first-order chi connectivity index (χ1) is 21.7. The minimum absolute atomic E-state index is 0.0126. The Morgan fingerprint density at radius 3 is 2.40 bits per heavy atom. The molecule has 9 nitrogen and oxygen atoms in total. The SMILES string of the molecule is CCc1cc(Cl)cc(CC)c1NC(=O)CN1C[C@H](c2ccc3c(c2C)OCO3)C(C(=O)O)[C@@H]1c1ccc(OCCCOC)cc1. The minimum Gasteiger partial charge on any atom is -0.494 e. The molecule has 1 unspecified atom stereocenters. The van der Waals surface area contributed by atoms with Gasteiger partial charge in [-0.2, -0.15) is 0 Å². The third kappa shape index (κ3) is 7.06. The number of fused-ring (bicyclic) bond motifs is 1. The number of carbonyl (C=O) groups excluding carboxylic acids is 1. The molecule has 0 bridgehead atoms. The quantitative estimate of drug-likeness (QED) is 0.208. The van der Waals surface area contributed by atoms with E-state index in [1.807, 2.05) is 74.2 Å². The summed E-state index contributed by atoms with van der Waals surface area (Å²) in [6.45, 7) is 7.61. The number of anilines is 1. The molecule has 0 saturated carbocycles. The van der Waals surface area contributed by atoms with Gasteiger partial charge in [0.15, 0.2) is 11.5 Å². The smallest absolute Gasteiger partial charge is 0.309 e. The zero-order valence-corrected chi connectivity index (χ0v) is 27.0. The number of hydrogen-bond donors (Lipinski definition) is 2. The Morgan fingerprint density at radius 1 is 1.04 bits per heavy atom. The maximum Gasteiger partial charge on any atom is 0.309 e. The maximum atomic E-state index is 13.7. The van der Waals surface area contributed by atoms with Gasteiger partial charge in [-0.25, -0.2) is 0 Å². The molecule has 0 radical (unpaired) electrons. The van der Waals surface area contributed by atoms with Crippen molar-refractivity contribution in [3.63, 3.8) is 0 Å². The Hall–Kier alpha value is -3.79. The Labute approximate surface area is 269 Å². The summed E-state index contributed by atoms with van der Waals surface area (Å²) in [6, 6.07) is 14.5. The third-order valence-electron chi connectivity index (χ3n) is 8.73. The average molecular weight is 637 g/mol. The van der Waals surface area contributed by atoms with E-state index in [9.17, 15) is 14.7 Å². The summed E-state index contributed by atoms with van der Waals surface area (Å²) < 4.78 is 22.2. The number of nitrogens with one attached hydrogen (secondary N) is 1. The molecule has 2 aliphatic rings.